The van der Waals surface area contributed by atoms with Crippen molar-refractivity contribution in [2.45, 2.75) is 23.6 Å². The van der Waals surface area contributed by atoms with Gasteiger partial charge in [0.05, 0.1) is 5.69 Å². The van der Waals surface area contributed by atoms with Crippen LogP contribution < -0.4 is 4.90 Å². The first-order chi connectivity index (χ1) is 11.1. The number of benzene rings is 3. The molecule has 0 amide bonds. The van der Waals surface area contributed by atoms with E-state index in [1.54, 1.807) is 0 Å². The van der Waals surface area contributed by atoms with E-state index < -0.39 is 0 Å². The second kappa shape index (κ2) is 6.93. The molecule has 0 atom stereocenters. The van der Waals surface area contributed by atoms with Crippen LogP contribution in [0.4, 0.5) is 11.4 Å². The minimum Gasteiger partial charge on any atom is -0.340 e. The molecule has 0 unspecified atom stereocenters. The molecular formula is C21H22NS+. The highest BCUT2D eigenvalue weighted by atomic mass is 32.2. The number of nitrogens with zero attached hydrogens (tertiary/aromatic N) is 1. The molecule has 0 saturated heterocycles. The maximum absolute atomic E-state index is 2.28. The van der Waals surface area contributed by atoms with Crippen molar-refractivity contribution in [1.82, 2.24) is 0 Å². The van der Waals surface area contributed by atoms with Gasteiger partial charge in [0.25, 0.3) is 0 Å². The average molecular weight is 320 g/mol. The minimum atomic E-state index is 1.24. The fraction of sp³-hybridized carbons (Fsp3) is 0.143. The Bertz CT molecular complexity index is 793. The lowest BCUT2D eigenvalue weighted by Crippen LogP contribution is -2.12. The Labute approximate surface area is 143 Å². The fourth-order valence-electron chi connectivity index (χ4n) is 2.67. The summed E-state index contributed by atoms with van der Waals surface area (Å²) in [6, 6.07) is 25.9. The standard InChI is InChI=1S/C21H21NS/c1-16-12-14-18(15-13-16)23-21-11-7-6-10-20(21)22(3)19-9-5-4-8-17(19)2/h4-15H,1-3H3/p+1. The predicted octanol–water partition coefficient (Wildman–Crippen LogP) is 5.30. The summed E-state index contributed by atoms with van der Waals surface area (Å²) >= 11 is 1.24. The van der Waals surface area contributed by atoms with Crippen molar-refractivity contribution < 1.29 is 0 Å². The van der Waals surface area contributed by atoms with E-state index in [0.717, 1.165) is 0 Å². The summed E-state index contributed by atoms with van der Waals surface area (Å²) in [5.41, 5.74) is 5.09. The maximum Gasteiger partial charge on any atom is 0.181 e. The maximum atomic E-state index is 2.28. The minimum absolute atomic E-state index is 1.24. The topological polar surface area (TPSA) is 3.24 Å². The Morgan fingerprint density at radius 2 is 1.30 bits per heavy atom. The number of hydrogen-bond acceptors (Lipinski definition) is 1. The second-order valence-electron chi connectivity index (χ2n) is 5.78. The second-order valence-corrected chi connectivity index (χ2v) is 7.00. The lowest BCUT2D eigenvalue weighted by molar-refractivity contribution is 1.15. The lowest BCUT2D eigenvalue weighted by atomic mass is 10.1. The van der Waals surface area contributed by atoms with Crippen molar-refractivity contribution in [1.29, 1.82) is 0 Å². The van der Waals surface area contributed by atoms with Gasteiger partial charge in [-0.2, -0.15) is 0 Å². The SMILES string of the molecule is Cc1ccc([SH+]c2ccccc2N(C)c2ccccc2C)cc1. The first kappa shape index (κ1) is 15.7. The molecule has 0 spiro atoms. The first-order valence-electron chi connectivity index (χ1n) is 7.82. The summed E-state index contributed by atoms with van der Waals surface area (Å²) in [6.07, 6.45) is 0. The van der Waals surface area contributed by atoms with E-state index in [1.807, 2.05) is 0 Å². The molecule has 0 saturated carbocycles. The van der Waals surface area contributed by atoms with Crippen LogP contribution in [-0.4, -0.2) is 7.05 Å². The van der Waals surface area contributed by atoms with Crippen LogP contribution in [0.2, 0.25) is 0 Å². The van der Waals surface area contributed by atoms with Crippen LogP contribution in [0.5, 0.6) is 0 Å². The molecule has 116 valence electrons. The summed E-state index contributed by atoms with van der Waals surface area (Å²) in [5.74, 6) is 0. The molecule has 3 rings (SSSR count). The van der Waals surface area contributed by atoms with Crippen molar-refractivity contribution in [3.8, 4) is 0 Å². The van der Waals surface area contributed by atoms with Gasteiger partial charge in [0.2, 0.25) is 0 Å². The van der Waals surface area contributed by atoms with Gasteiger partial charge in [0, 0.05) is 24.5 Å². The molecular weight excluding hydrogens is 298 g/mol. The molecule has 23 heavy (non-hydrogen) atoms. The Hall–Kier alpha value is -2.19. The van der Waals surface area contributed by atoms with Crippen LogP contribution >= 0.6 is 0 Å². The van der Waals surface area contributed by atoms with E-state index >= 15 is 0 Å². The Morgan fingerprint density at radius 3 is 2.00 bits per heavy atom. The Morgan fingerprint density at radius 1 is 0.696 bits per heavy atom. The quantitative estimate of drug-likeness (QED) is 0.465. The molecule has 0 heterocycles. The van der Waals surface area contributed by atoms with E-state index in [2.05, 4.69) is 98.6 Å². The molecule has 0 aliphatic carbocycles. The lowest BCUT2D eigenvalue weighted by Gasteiger charge is -2.21. The zero-order valence-electron chi connectivity index (χ0n) is 13.8. The van der Waals surface area contributed by atoms with E-state index in [9.17, 15) is 0 Å². The van der Waals surface area contributed by atoms with Gasteiger partial charge in [0.1, 0.15) is 0 Å². The molecule has 0 N–H and O–H groups in total. The van der Waals surface area contributed by atoms with E-state index in [-0.39, 0.29) is 0 Å². The van der Waals surface area contributed by atoms with Gasteiger partial charge in [0.15, 0.2) is 9.79 Å². The first-order valence-corrected chi connectivity index (χ1v) is 8.71. The van der Waals surface area contributed by atoms with Gasteiger partial charge in [-0.15, -0.1) is 0 Å². The van der Waals surface area contributed by atoms with Gasteiger partial charge in [-0.3, -0.25) is 0 Å². The molecule has 0 bridgehead atoms. The van der Waals surface area contributed by atoms with Crippen molar-refractivity contribution >= 4 is 23.1 Å². The van der Waals surface area contributed by atoms with Crippen molar-refractivity contribution in [2.75, 3.05) is 11.9 Å². The monoisotopic (exact) mass is 320 g/mol. The molecule has 0 aromatic heterocycles. The van der Waals surface area contributed by atoms with Crippen molar-refractivity contribution in [3.05, 3.63) is 83.9 Å². The van der Waals surface area contributed by atoms with Crippen LogP contribution in [0.3, 0.4) is 0 Å². The van der Waals surface area contributed by atoms with Crippen molar-refractivity contribution in [3.63, 3.8) is 0 Å². The average Bonchev–Trinajstić information content (AvgIpc) is 2.57. The zero-order chi connectivity index (χ0) is 16.2. The normalized spacial score (nSPS) is 10.6. The number of anilines is 2. The van der Waals surface area contributed by atoms with Gasteiger partial charge >= 0.3 is 0 Å². The summed E-state index contributed by atoms with van der Waals surface area (Å²) in [5, 5.41) is 0. The third kappa shape index (κ3) is 3.59. The number of aryl methyl sites for hydroxylation is 2. The number of para-hydroxylation sites is 2. The predicted molar refractivity (Wildman–Crippen MR) is 102 cm³/mol. The van der Waals surface area contributed by atoms with Gasteiger partial charge in [-0.25, -0.2) is 0 Å². The van der Waals surface area contributed by atoms with Crippen LogP contribution in [0, 0.1) is 13.8 Å². The molecule has 0 aliphatic heterocycles. The van der Waals surface area contributed by atoms with Crippen LogP contribution in [0.15, 0.2) is 82.6 Å². The Balaban J connectivity index is 1.94. The van der Waals surface area contributed by atoms with Gasteiger partial charge in [-0.1, -0.05) is 48.0 Å². The van der Waals surface area contributed by atoms with Crippen LogP contribution in [-0.2, 0) is 11.8 Å². The highest BCUT2D eigenvalue weighted by Crippen LogP contribution is 2.31. The van der Waals surface area contributed by atoms with Gasteiger partial charge in [-0.05, 0) is 49.7 Å². The van der Waals surface area contributed by atoms with E-state index in [0.29, 0.717) is 0 Å². The largest absolute Gasteiger partial charge is 0.340 e. The third-order valence-electron chi connectivity index (χ3n) is 4.00. The van der Waals surface area contributed by atoms with Gasteiger partial charge < -0.3 is 4.90 Å². The molecule has 1 nitrogen and oxygen atoms in total. The van der Waals surface area contributed by atoms with E-state index in [4.69, 9.17) is 0 Å². The summed E-state index contributed by atoms with van der Waals surface area (Å²) < 4.78 is 0. The van der Waals surface area contributed by atoms with Crippen molar-refractivity contribution in [2.24, 2.45) is 0 Å². The molecule has 0 radical (unpaired) electrons. The number of hydrogen-bond donors (Lipinski definition) is 0. The fourth-order valence-corrected chi connectivity index (χ4v) is 3.75. The van der Waals surface area contributed by atoms with E-state index in [1.165, 1.54) is 44.1 Å². The molecule has 2 heteroatoms. The summed E-state index contributed by atoms with van der Waals surface area (Å²) in [7, 11) is 2.14. The van der Waals surface area contributed by atoms with Crippen LogP contribution in [0.25, 0.3) is 0 Å². The molecule has 0 fully saturated rings. The summed E-state index contributed by atoms with van der Waals surface area (Å²) in [4.78, 5) is 4.93. The zero-order valence-corrected chi connectivity index (χ0v) is 14.7. The summed E-state index contributed by atoms with van der Waals surface area (Å²) in [6.45, 7) is 4.28. The van der Waals surface area contributed by atoms with Crippen LogP contribution in [0.1, 0.15) is 11.1 Å². The highest BCUT2D eigenvalue weighted by molar-refractivity contribution is 7.78. The molecule has 3 aromatic carbocycles. The third-order valence-corrected chi connectivity index (χ3v) is 5.18. The molecule has 0 aliphatic rings. The molecule has 3 aromatic rings. The number of rotatable bonds is 4. The smallest absolute Gasteiger partial charge is 0.181 e. The highest BCUT2D eigenvalue weighted by Gasteiger charge is 2.17. The number of thiol groups is 1. The Kier molecular flexibility index (Phi) is 4.73.